The summed E-state index contributed by atoms with van der Waals surface area (Å²) in [6.45, 7) is 5.95. The molecule has 0 bridgehead atoms. The van der Waals surface area contributed by atoms with Crippen molar-refractivity contribution in [2.24, 2.45) is 5.16 Å². The summed E-state index contributed by atoms with van der Waals surface area (Å²) in [6.07, 6.45) is -0.0983. The average molecular weight is 347 g/mol. The second kappa shape index (κ2) is 5.15. The summed E-state index contributed by atoms with van der Waals surface area (Å²) in [5.41, 5.74) is 6.97. The molecule has 2 aromatic carbocycles. The van der Waals surface area contributed by atoms with Gasteiger partial charge in [0.1, 0.15) is 11.8 Å². The Morgan fingerprint density at radius 2 is 1.65 bits per heavy atom. The molecule has 2 atom stereocenters. The summed E-state index contributed by atoms with van der Waals surface area (Å²) in [5, 5.41) is 9.25. The first-order chi connectivity index (χ1) is 11.0. The molecular formula is C18H16Cl2N2O. The number of rotatable bonds is 1. The second-order valence-electron chi connectivity index (χ2n) is 6.09. The number of benzene rings is 2. The number of nitrogens with one attached hydrogen (secondary N) is 1. The van der Waals surface area contributed by atoms with Crippen molar-refractivity contribution >= 4 is 34.6 Å². The van der Waals surface area contributed by atoms with Gasteiger partial charge in [0, 0.05) is 26.9 Å². The minimum atomic E-state index is -0.0983. The monoisotopic (exact) mass is 346 g/mol. The van der Waals surface area contributed by atoms with E-state index in [1.165, 1.54) is 0 Å². The summed E-state index contributed by atoms with van der Waals surface area (Å²) in [7, 11) is 0. The van der Waals surface area contributed by atoms with Crippen LogP contribution in [0.4, 0.5) is 5.69 Å². The first-order valence-electron chi connectivity index (χ1n) is 7.55. The molecule has 0 saturated carbocycles. The Bertz CT molecular complexity index is 831. The highest BCUT2D eigenvalue weighted by molar-refractivity contribution is 6.38. The van der Waals surface area contributed by atoms with Crippen molar-refractivity contribution in [2.45, 2.75) is 32.9 Å². The largest absolute Gasteiger partial charge is 0.385 e. The smallest absolute Gasteiger partial charge is 0.180 e. The van der Waals surface area contributed by atoms with Crippen molar-refractivity contribution in [1.29, 1.82) is 0 Å². The molecular weight excluding hydrogens is 331 g/mol. The molecule has 0 fully saturated rings. The second-order valence-corrected chi connectivity index (χ2v) is 6.85. The van der Waals surface area contributed by atoms with Gasteiger partial charge in [0.25, 0.3) is 0 Å². The van der Waals surface area contributed by atoms with E-state index in [2.05, 4.69) is 22.6 Å². The lowest BCUT2D eigenvalue weighted by Gasteiger charge is -2.18. The van der Waals surface area contributed by atoms with Crippen molar-refractivity contribution in [3.8, 4) is 0 Å². The SMILES string of the molecule is Cc1c(Cl)c(C)c(C2=NOC3c4ccccc4NC23)c(C)c1Cl. The standard InChI is InChI=1S/C18H16Cl2N2O/c1-8-13(9(2)15(20)10(3)14(8)19)16-17-18(23-22-16)11-6-4-5-7-12(11)21-17/h4-7,17-18,21H,1-3H3. The number of hydrogen-bond acceptors (Lipinski definition) is 3. The van der Waals surface area contributed by atoms with Crippen molar-refractivity contribution < 1.29 is 4.84 Å². The highest BCUT2D eigenvalue weighted by Crippen LogP contribution is 2.44. The number of halogens is 2. The van der Waals surface area contributed by atoms with Crippen LogP contribution in [0.25, 0.3) is 0 Å². The number of oxime groups is 1. The molecule has 2 unspecified atom stereocenters. The fourth-order valence-corrected chi connectivity index (χ4v) is 3.97. The molecule has 0 radical (unpaired) electrons. The van der Waals surface area contributed by atoms with Gasteiger partial charge in [0.05, 0.1) is 0 Å². The first kappa shape index (κ1) is 14.9. The van der Waals surface area contributed by atoms with Crippen molar-refractivity contribution in [3.05, 3.63) is 62.1 Å². The lowest BCUT2D eigenvalue weighted by atomic mass is 9.91. The summed E-state index contributed by atoms with van der Waals surface area (Å²) in [4.78, 5) is 5.73. The Labute approximate surface area is 145 Å². The summed E-state index contributed by atoms with van der Waals surface area (Å²) < 4.78 is 0. The van der Waals surface area contributed by atoms with E-state index in [9.17, 15) is 0 Å². The molecule has 4 rings (SSSR count). The number of fused-ring (bicyclic) bond motifs is 3. The third-order valence-electron chi connectivity index (χ3n) is 4.76. The minimum Gasteiger partial charge on any atom is -0.385 e. The number of anilines is 1. The van der Waals surface area contributed by atoms with Crippen LogP contribution >= 0.6 is 23.2 Å². The summed E-state index contributed by atoms with van der Waals surface area (Å²) >= 11 is 12.9. The highest BCUT2D eigenvalue weighted by atomic mass is 35.5. The van der Waals surface area contributed by atoms with Gasteiger partial charge in [-0.1, -0.05) is 46.6 Å². The third kappa shape index (κ3) is 2.00. The maximum absolute atomic E-state index is 6.47. The predicted molar refractivity (Wildman–Crippen MR) is 94.9 cm³/mol. The number of para-hydroxylation sites is 1. The van der Waals surface area contributed by atoms with Gasteiger partial charge in [0.15, 0.2) is 6.10 Å². The Hall–Kier alpha value is -1.71. The topological polar surface area (TPSA) is 33.6 Å². The van der Waals surface area contributed by atoms with Gasteiger partial charge in [-0.15, -0.1) is 0 Å². The maximum atomic E-state index is 6.47. The molecule has 1 N–H and O–H groups in total. The lowest BCUT2D eigenvalue weighted by molar-refractivity contribution is 0.0856. The molecule has 2 aromatic rings. The van der Waals surface area contributed by atoms with Crippen LogP contribution in [0.2, 0.25) is 10.0 Å². The van der Waals surface area contributed by atoms with Crippen LogP contribution in [0.15, 0.2) is 29.4 Å². The van der Waals surface area contributed by atoms with Crippen molar-refractivity contribution in [3.63, 3.8) is 0 Å². The van der Waals surface area contributed by atoms with E-state index in [-0.39, 0.29) is 12.1 Å². The van der Waals surface area contributed by atoms with E-state index in [0.717, 1.165) is 39.2 Å². The van der Waals surface area contributed by atoms with Gasteiger partial charge < -0.3 is 10.2 Å². The lowest BCUT2D eigenvalue weighted by Crippen LogP contribution is -2.28. The molecule has 118 valence electrons. The van der Waals surface area contributed by atoms with Gasteiger partial charge in [-0.25, -0.2) is 0 Å². The normalized spacial score (nSPS) is 21.3. The van der Waals surface area contributed by atoms with Crippen LogP contribution in [0.3, 0.4) is 0 Å². The zero-order valence-corrected chi connectivity index (χ0v) is 14.6. The third-order valence-corrected chi connectivity index (χ3v) is 5.90. The van der Waals surface area contributed by atoms with Gasteiger partial charge in [-0.3, -0.25) is 0 Å². The van der Waals surface area contributed by atoms with Gasteiger partial charge in [0.2, 0.25) is 0 Å². The van der Waals surface area contributed by atoms with Gasteiger partial charge in [-0.05, 0) is 43.5 Å². The summed E-state index contributed by atoms with van der Waals surface area (Å²) in [5.74, 6) is 0. The van der Waals surface area contributed by atoms with Crippen LogP contribution in [0.1, 0.15) is 33.9 Å². The quantitative estimate of drug-likeness (QED) is 0.770. The fourth-order valence-electron chi connectivity index (χ4n) is 3.54. The van der Waals surface area contributed by atoms with Crippen LogP contribution in [-0.4, -0.2) is 11.8 Å². The Kier molecular flexibility index (Phi) is 3.33. The molecule has 0 amide bonds. The highest BCUT2D eigenvalue weighted by Gasteiger charge is 2.43. The fraction of sp³-hybridized carbons (Fsp3) is 0.278. The van der Waals surface area contributed by atoms with E-state index in [1.54, 1.807) is 0 Å². The average Bonchev–Trinajstić information content (AvgIpc) is 3.11. The molecule has 0 aliphatic carbocycles. The molecule has 0 spiro atoms. The predicted octanol–water partition coefficient (Wildman–Crippen LogP) is 5.19. The van der Waals surface area contributed by atoms with Crippen molar-refractivity contribution in [1.82, 2.24) is 0 Å². The molecule has 2 heterocycles. The number of hydrogen-bond donors (Lipinski definition) is 1. The molecule has 2 aliphatic rings. The van der Waals surface area contributed by atoms with E-state index < -0.39 is 0 Å². The van der Waals surface area contributed by atoms with Crippen LogP contribution in [0, 0.1) is 20.8 Å². The van der Waals surface area contributed by atoms with Crippen LogP contribution in [0.5, 0.6) is 0 Å². The van der Waals surface area contributed by atoms with Gasteiger partial charge in [-0.2, -0.15) is 0 Å². The molecule has 5 heteroatoms. The Morgan fingerprint density at radius 3 is 2.35 bits per heavy atom. The van der Waals surface area contributed by atoms with E-state index in [1.807, 2.05) is 32.9 Å². The molecule has 0 saturated heterocycles. The van der Waals surface area contributed by atoms with Gasteiger partial charge >= 0.3 is 0 Å². The maximum Gasteiger partial charge on any atom is 0.180 e. The minimum absolute atomic E-state index is 0.0142. The molecule has 0 aromatic heterocycles. The Balaban J connectivity index is 1.83. The van der Waals surface area contributed by atoms with E-state index >= 15 is 0 Å². The van der Waals surface area contributed by atoms with Crippen molar-refractivity contribution in [2.75, 3.05) is 5.32 Å². The zero-order valence-electron chi connectivity index (χ0n) is 13.1. The molecule has 2 aliphatic heterocycles. The Morgan fingerprint density at radius 1 is 1.00 bits per heavy atom. The number of nitrogens with zero attached hydrogens (tertiary/aromatic N) is 1. The van der Waals surface area contributed by atoms with E-state index in [0.29, 0.717) is 10.0 Å². The molecule has 3 nitrogen and oxygen atoms in total. The summed E-state index contributed by atoms with van der Waals surface area (Å²) in [6, 6.07) is 8.14. The first-order valence-corrected chi connectivity index (χ1v) is 8.30. The van der Waals surface area contributed by atoms with Crippen LogP contribution in [-0.2, 0) is 4.84 Å². The van der Waals surface area contributed by atoms with E-state index in [4.69, 9.17) is 28.0 Å². The zero-order chi connectivity index (χ0) is 16.3. The molecule has 23 heavy (non-hydrogen) atoms. The van der Waals surface area contributed by atoms with Crippen LogP contribution < -0.4 is 5.32 Å².